The van der Waals surface area contributed by atoms with Crippen LogP contribution >= 0.6 is 0 Å². The fourth-order valence-electron chi connectivity index (χ4n) is 3.40. The Morgan fingerprint density at radius 1 is 1.11 bits per heavy atom. The molecule has 142 valence electrons. The lowest BCUT2D eigenvalue weighted by Gasteiger charge is -2.31. The highest BCUT2D eigenvalue weighted by molar-refractivity contribution is 5.90. The van der Waals surface area contributed by atoms with Crippen LogP contribution in [0.3, 0.4) is 0 Å². The maximum absolute atomic E-state index is 11.9. The number of aromatic nitrogens is 1. The predicted molar refractivity (Wildman–Crippen MR) is 112 cm³/mol. The molecule has 1 aromatic heterocycles. The number of benzene rings is 2. The maximum Gasteiger partial charge on any atom is 0.338 e. The molecule has 0 spiro atoms. The molecule has 1 N–H and O–H groups in total. The zero-order chi connectivity index (χ0) is 19.3. The molecule has 0 unspecified atom stereocenters. The first-order valence-corrected chi connectivity index (χ1v) is 9.55. The molecule has 0 amide bonds. The van der Waals surface area contributed by atoms with Gasteiger partial charge >= 0.3 is 5.97 Å². The summed E-state index contributed by atoms with van der Waals surface area (Å²) in [6, 6.07) is 20.1. The number of hydrogen-bond acceptors (Lipinski definition) is 5. The van der Waals surface area contributed by atoms with E-state index in [1.807, 2.05) is 24.4 Å². The first-order valence-electron chi connectivity index (χ1n) is 9.55. The molecule has 5 nitrogen and oxygen atoms in total. The second-order valence-electron chi connectivity index (χ2n) is 6.72. The predicted octanol–water partition coefficient (Wildman–Crippen LogP) is 4.36. The van der Waals surface area contributed by atoms with E-state index in [-0.39, 0.29) is 5.97 Å². The molecular weight excluding hydrogens is 350 g/mol. The average molecular weight is 373 g/mol. The first-order chi connectivity index (χ1) is 13.7. The second-order valence-corrected chi connectivity index (χ2v) is 6.72. The Morgan fingerprint density at radius 2 is 1.89 bits per heavy atom. The molecule has 2 heterocycles. The third kappa shape index (κ3) is 3.83. The van der Waals surface area contributed by atoms with Crippen molar-refractivity contribution in [2.24, 2.45) is 0 Å². The Labute approximate surface area is 165 Å². The molecule has 0 fully saturated rings. The van der Waals surface area contributed by atoms with E-state index in [9.17, 15) is 4.79 Å². The van der Waals surface area contributed by atoms with Gasteiger partial charge in [0.25, 0.3) is 0 Å². The summed E-state index contributed by atoms with van der Waals surface area (Å²) in [7, 11) is 0. The molecule has 0 aliphatic carbocycles. The van der Waals surface area contributed by atoms with Crippen LogP contribution in [0.2, 0.25) is 0 Å². The first kappa shape index (κ1) is 18.0. The summed E-state index contributed by atoms with van der Waals surface area (Å²) in [5.41, 5.74) is 4.98. The quantitative estimate of drug-likeness (QED) is 0.674. The number of ether oxygens (including phenoxy) is 1. The minimum Gasteiger partial charge on any atom is -0.462 e. The number of nitrogens with zero attached hydrogens (tertiary/aromatic N) is 2. The van der Waals surface area contributed by atoms with Crippen LogP contribution in [-0.4, -0.2) is 30.6 Å². The molecule has 0 radical (unpaired) electrons. The highest BCUT2D eigenvalue weighted by Gasteiger charge is 2.19. The Balaban J connectivity index is 1.60. The molecule has 3 aromatic rings. The number of carbonyl (C=O) groups is 1. The molecule has 2 aromatic carbocycles. The van der Waals surface area contributed by atoms with Crippen molar-refractivity contribution in [1.82, 2.24) is 4.98 Å². The molecule has 28 heavy (non-hydrogen) atoms. The summed E-state index contributed by atoms with van der Waals surface area (Å²) < 4.78 is 5.05. The largest absolute Gasteiger partial charge is 0.462 e. The molecule has 5 heteroatoms. The van der Waals surface area contributed by atoms with Gasteiger partial charge in [0.2, 0.25) is 0 Å². The maximum atomic E-state index is 11.9. The molecule has 0 bridgehead atoms. The number of nitrogens with one attached hydrogen (secondary N) is 1. The third-order valence-corrected chi connectivity index (χ3v) is 4.83. The van der Waals surface area contributed by atoms with Crippen LogP contribution in [0.5, 0.6) is 0 Å². The molecular formula is C23H23N3O2. The zero-order valence-corrected chi connectivity index (χ0v) is 15.9. The third-order valence-electron chi connectivity index (χ3n) is 4.83. The van der Waals surface area contributed by atoms with E-state index >= 15 is 0 Å². The van der Waals surface area contributed by atoms with Crippen LogP contribution in [0, 0.1) is 0 Å². The van der Waals surface area contributed by atoms with Crippen molar-refractivity contribution in [2.45, 2.75) is 13.5 Å². The summed E-state index contributed by atoms with van der Waals surface area (Å²) in [6.07, 6.45) is 1.87. The minimum absolute atomic E-state index is 0.296. The topological polar surface area (TPSA) is 54.5 Å². The molecule has 0 saturated carbocycles. The lowest BCUT2D eigenvalue weighted by atomic mass is 10.0. The van der Waals surface area contributed by atoms with Gasteiger partial charge in [0, 0.05) is 31.4 Å². The van der Waals surface area contributed by atoms with Crippen LogP contribution in [0.1, 0.15) is 22.8 Å². The molecule has 0 saturated heterocycles. The fourth-order valence-corrected chi connectivity index (χ4v) is 3.40. The molecule has 0 atom stereocenters. The van der Waals surface area contributed by atoms with Gasteiger partial charge < -0.3 is 15.0 Å². The number of rotatable bonds is 5. The molecule has 1 aliphatic rings. The minimum atomic E-state index is -0.296. The highest BCUT2D eigenvalue weighted by Crippen LogP contribution is 2.32. The summed E-state index contributed by atoms with van der Waals surface area (Å²) in [4.78, 5) is 18.8. The van der Waals surface area contributed by atoms with Crippen LogP contribution < -0.4 is 10.2 Å². The Bertz CT molecular complexity index is 955. The van der Waals surface area contributed by atoms with E-state index in [0.717, 1.165) is 42.3 Å². The lowest BCUT2D eigenvalue weighted by Crippen LogP contribution is -2.34. The van der Waals surface area contributed by atoms with E-state index in [1.165, 1.54) is 5.56 Å². The fraction of sp³-hybridized carbons (Fsp3) is 0.217. The van der Waals surface area contributed by atoms with E-state index < -0.39 is 0 Å². The normalized spacial score (nSPS) is 12.8. The van der Waals surface area contributed by atoms with Crippen LogP contribution in [-0.2, 0) is 11.3 Å². The van der Waals surface area contributed by atoms with Gasteiger partial charge in [-0.1, -0.05) is 42.5 Å². The van der Waals surface area contributed by atoms with Crippen molar-refractivity contribution < 1.29 is 9.53 Å². The van der Waals surface area contributed by atoms with Crippen molar-refractivity contribution in [3.63, 3.8) is 0 Å². The second kappa shape index (κ2) is 8.13. The summed E-state index contributed by atoms with van der Waals surface area (Å²) >= 11 is 0. The van der Waals surface area contributed by atoms with Gasteiger partial charge in [0.15, 0.2) is 0 Å². The van der Waals surface area contributed by atoms with Gasteiger partial charge in [-0.2, -0.15) is 0 Å². The smallest absolute Gasteiger partial charge is 0.338 e. The van der Waals surface area contributed by atoms with E-state index in [1.54, 1.807) is 19.1 Å². The molecule has 1 aliphatic heterocycles. The Morgan fingerprint density at radius 3 is 2.64 bits per heavy atom. The summed E-state index contributed by atoms with van der Waals surface area (Å²) in [6.45, 7) is 4.83. The van der Waals surface area contributed by atoms with Gasteiger partial charge in [-0.25, -0.2) is 9.78 Å². The summed E-state index contributed by atoms with van der Waals surface area (Å²) in [5, 5.41) is 3.38. The van der Waals surface area contributed by atoms with E-state index in [0.29, 0.717) is 12.2 Å². The summed E-state index contributed by atoms with van der Waals surface area (Å²) in [5.74, 6) is 0.616. The van der Waals surface area contributed by atoms with Gasteiger partial charge in [-0.15, -0.1) is 0 Å². The lowest BCUT2D eigenvalue weighted by molar-refractivity contribution is 0.0526. The molecule has 4 rings (SSSR count). The number of fused-ring (bicyclic) bond motifs is 1. The number of carbonyl (C=O) groups excluding carboxylic acids is 1. The Kier molecular flexibility index (Phi) is 5.24. The van der Waals surface area contributed by atoms with Crippen molar-refractivity contribution >= 4 is 17.5 Å². The monoisotopic (exact) mass is 373 g/mol. The number of esters is 1. The van der Waals surface area contributed by atoms with Crippen molar-refractivity contribution in [1.29, 1.82) is 0 Å². The van der Waals surface area contributed by atoms with Crippen LogP contribution in [0.25, 0.3) is 11.1 Å². The average Bonchev–Trinajstić information content (AvgIpc) is 2.75. The van der Waals surface area contributed by atoms with E-state index in [4.69, 9.17) is 4.74 Å². The van der Waals surface area contributed by atoms with Crippen molar-refractivity contribution in [2.75, 3.05) is 29.9 Å². The van der Waals surface area contributed by atoms with Crippen LogP contribution in [0.4, 0.5) is 11.5 Å². The van der Waals surface area contributed by atoms with Gasteiger partial charge in [-0.3, -0.25) is 0 Å². The number of anilines is 2. The number of hydrogen-bond donors (Lipinski definition) is 1. The SMILES string of the molecule is CCOC(=O)c1ccc(-c2cnc3c(c2)N(Cc2ccccc2)CCN3)cc1. The zero-order valence-electron chi connectivity index (χ0n) is 15.9. The van der Waals surface area contributed by atoms with Gasteiger partial charge in [0.05, 0.1) is 17.9 Å². The van der Waals surface area contributed by atoms with Gasteiger partial charge in [-0.05, 0) is 36.2 Å². The number of pyridine rings is 1. The van der Waals surface area contributed by atoms with E-state index in [2.05, 4.69) is 45.5 Å². The van der Waals surface area contributed by atoms with Crippen molar-refractivity contribution in [3.8, 4) is 11.1 Å². The Hall–Kier alpha value is -3.34. The highest BCUT2D eigenvalue weighted by atomic mass is 16.5. The van der Waals surface area contributed by atoms with Crippen molar-refractivity contribution in [3.05, 3.63) is 78.0 Å². The van der Waals surface area contributed by atoms with Crippen LogP contribution in [0.15, 0.2) is 66.9 Å². The standard InChI is InChI=1S/C23H23N3O2/c1-2-28-23(27)19-10-8-18(9-11-19)20-14-21-22(25-15-20)24-12-13-26(21)16-17-6-4-3-5-7-17/h3-11,14-15H,2,12-13,16H2,1H3,(H,24,25). The van der Waals surface area contributed by atoms with Gasteiger partial charge in [0.1, 0.15) is 5.82 Å².